The van der Waals surface area contributed by atoms with Crippen LogP contribution in [0.5, 0.6) is 11.5 Å². The Morgan fingerprint density at radius 1 is 0.907 bits per heavy atom. The van der Waals surface area contributed by atoms with Crippen molar-refractivity contribution in [3.05, 3.63) is 111 Å². The highest BCUT2D eigenvalue weighted by Gasteiger charge is 2.45. The maximum absolute atomic E-state index is 14.6. The zero-order valence-electron chi connectivity index (χ0n) is 41.6. The van der Waals surface area contributed by atoms with Crippen molar-refractivity contribution in [3.8, 4) is 22.6 Å². The van der Waals surface area contributed by atoms with Gasteiger partial charge in [0, 0.05) is 74.5 Å². The number of alkyl halides is 3. The SMILES string of the molecule is CCn1cc(-c2cc(Cn3ccn(C)c3=NC(=O)OC(C)(C)C)cc3c2OCC(Cc2ccc(Cl)c(OCC(=O)NC4CCN(c5ccc6c(c5)C(=O)N(C5CCC(=O)NC5=O)C6=O)CC4)c2)C3=O)c(C(F)(F)F)n1. The molecule has 2 N–H and O–H groups in total. The molecule has 75 heavy (non-hydrogen) atoms. The number of aromatic nitrogens is 4. The Morgan fingerprint density at radius 3 is 2.35 bits per heavy atom. The van der Waals surface area contributed by atoms with Crippen molar-refractivity contribution in [2.24, 2.45) is 18.0 Å². The number of nitrogens with zero attached hydrogens (tertiary/aromatic N) is 7. The molecule has 0 radical (unpaired) electrons. The Labute approximate surface area is 432 Å². The second kappa shape index (κ2) is 20.5. The molecule has 6 amide bonds. The first-order valence-corrected chi connectivity index (χ1v) is 24.7. The molecular weight excluding hydrogens is 1000 g/mol. The zero-order valence-corrected chi connectivity index (χ0v) is 42.3. The highest BCUT2D eigenvalue weighted by atomic mass is 35.5. The van der Waals surface area contributed by atoms with Gasteiger partial charge in [0.15, 0.2) is 18.1 Å². The van der Waals surface area contributed by atoms with Gasteiger partial charge in [-0.3, -0.25) is 43.7 Å². The van der Waals surface area contributed by atoms with Gasteiger partial charge in [-0.15, -0.1) is 4.99 Å². The number of hydrogen-bond donors (Lipinski definition) is 2. The van der Waals surface area contributed by atoms with Crippen molar-refractivity contribution in [1.82, 2.24) is 34.4 Å². The maximum atomic E-state index is 14.6. The average Bonchev–Trinajstić information content (AvgIpc) is 4.02. The highest BCUT2D eigenvalue weighted by molar-refractivity contribution is 6.32. The number of amides is 6. The number of imidazole rings is 1. The Morgan fingerprint density at radius 2 is 1.64 bits per heavy atom. The van der Waals surface area contributed by atoms with E-state index in [-0.39, 0.29) is 107 Å². The summed E-state index contributed by atoms with van der Waals surface area (Å²) in [4.78, 5) is 98.3. The summed E-state index contributed by atoms with van der Waals surface area (Å²) < 4.78 is 65.6. The summed E-state index contributed by atoms with van der Waals surface area (Å²) in [6, 6.07) is 11.6. The molecule has 0 spiro atoms. The minimum atomic E-state index is -4.84. The highest BCUT2D eigenvalue weighted by Crippen LogP contribution is 2.44. The van der Waals surface area contributed by atoms with Gasteiger partial charge >= 0.3 is 12.3 Å². The standard InChI is InChI=1S/C52H53ClF3N9O10/c1-6-64-25-37(45(60-64)52(54,55)56)34-20-29(24-63-18-17-61(5)49(63)59-50(72)75-51(2,3)4)21-36-43(68)30(26-74-44(34)36)19-28-7-10-38(53)40(22-28)73-27-42(67)57-31-13-15-62(16-14-31)32-8-9-33-35(23-32)48(71)65(47(33)70)39-11-12-41(66)58-46(39)69/h7-10,17-18,20-23,25,30-31,39H,6,11-16,19,24,26-27H2,1-5H3,(H,57,67)(H,58,66,69). The average molecular weight is 1060 g/mol. The lowest BCUT2D eigenvalue weighted by Gasteiger charge is -2.34. The van der Waals surface area contributed by atoms with Gasteiger partial charge in [-0.05, 0) is 107 Å². The molecule has 2 atom stereocenters. The number of anilines is 1. The number of ketones is 1. The van der Waals surface area contributed by atoms with Crippen LogP contribution in [-0.2, 0) is 51.9 Å². The minimum absolute atomic E-state index is 0.00688. The van der Waals surface area contributed by atoms with Gasteiger partial charge in [0.05, 0.1) is 40.8 Å². The summed E-state index contributed by atoms with van der Waals surface area (Å²) in [6.45, 7) is 7.39. The predicted octanol–water partition coefficient (Wildman–Crippen LogP) is 6.27. The van der Waals surface area contributed by atoms with E-state index in [1.807, 2.05) is 4.90 Å². The Kier molecular flexibility index (Phi) is 14.3. The fourth-order valence-corrected chi connectivity index (χ4v) is 9.88. The molecule has 2 fully saturated rings. The number of carbonyl (C=O) groups is 7. The van der Waals surface area contributed by atoms with Crippen molar-refractivity contribution in [2.75, 3.05) is 31.2 Å². The molecule has 4 aliphatic rings. The van der Waals surface area contributed by atoms with E-state index in [9.17, 15) is 46.7 Å². The molecule has 2 saturated heterocycles. The molecule has 5 aromatic rings. The van der Waals surface area contributed by atoms with E-state index in [4.69, 9.17) is 25.8 Å². The molecule has 3 aromatic carbocycles. The molecule has 0 bridgehead atoms. The summed E-state index contributed by atoms with van der Waals surface area (Å²) >= 11 is 6.53. The normalized spacial score (nSPS) is 18.5. The number of aryl methyl sites for hydroxylation is 2. The number of imide groups is 2. The molecule has 9 rings (SSSR count). The molecule has 394 valence electrons. The minimum Gasteiger partial charge on any atom is -0.491 e. The predicted molar refractivity (Wildman–Crippen MR) is 263 cm³/mol. The zero-order chi connectivity index (χ0) is 53.7. The number of carbonyl (C=O) groups excluding carboxylic acids is 7. The van der Waals surface area contributed by atoms with E-state index in [0.29, 0.717) is 42.7 Å². The number of fused-ring (bicyclic) bond motifs is 2. The van der Waals surface area contributed by atoms with Gasteiger partial charge in [-0.1, -0.05) is 17.7 Å². The first-order chi connectivity index (χ1) is 35.5. The van der Waals surface area contributed by atoms with Crippen LogP contribution in [0.1, 0.15) is 101 Å². The number of piperidine rings is 2. The van der Waals surface area contributed by atoms with Gasteiger partial charge in [0.1, 0.15) is 23.1 Å². The van der Waals surface area contributed by atoms with Crippen molar-refractivity contribution in [1.29, 1.82) is 0 Å². The molecule has 0 aliphatic carbocycles. The number of nitrogens with one attached hydrogen (secondary N) is 2. The Balaban J connectivity index is 0.859. The number of rotatable bonds is 12. The van der Waals surface area contributed by atoms with Gasteiger partial charge in [0.25, 0.3) is 17.7 Å². The van der Waals surface area contributed by atoms with Crippen LogP contribution in [-0.4, -0.2) is 109 Å². The third kappa shape index (κ3) is 11.1. The van der Waals surface area contributed by atoms with Crippen LogP contribution in [0.3, 0.4) is 0 Å². The number of hydrogen-bond acceptors (Lipinski definition) is 12. The van der Waals surface area contributed by atoms with Crippen LogP contribution >= 0.6 is 11.6 Å². The second-order valence-electron chi connectivity index (χ2n) is 19.8. The van der Waals surface area contributed by atoms with Gasteiger partial charge in [-0.25, -0.2) is 4.79 Å². The Hall–Kier alpha value is -7.75. The van der Waals surface area contributed by atoms with Crippen molar-refractivity contribution in [3.63, 3.8) is 0 Å². The molecule has 23 heteroatoms. The van der Waals surface area contributed by atoms with Gasteiger partial charge < -0.3 is 33.6 Å². The Bertz CT molecular complexity index is 3240. The largest absolute Gasteiger partial charge is 0.491 e. The second-order valence-corrected chi connectivity index (χ2v) is 20.2. The monoisotopic (exact) mass is 1060 g/mol. The van der Waals surface area contributed by atoms with Crippen LogP contribution < -0.4 is 30.6 Å². The molecule has 2 aromatic heterocycles. The molecule has 0 saturated carbocycles. The van der Waals surface area contributed by atoms with E-state index >= 15 is 0 Å². The first kappa shape index (κ1) is 52.1. The fraction of sp³-hybridized carbons (Fsp3) is 0.404. The molecule has 4 aliphatic heterocycles. The third-order valence-electron chi connectivity index (χ3n) is 13.3. The quantitative estimate of drug-likeness (QED) is 0.132. The molecule has 19 nitrogen and oxygen atoms in total. The lowest BCUT2D eigenvalue weighted by atomic mass is 9.86. The van der Waals surface area contributed by atoms with Crippen molar-refractivity contribution >= 4 is 58.7 Å². The summed E-state index contributed by atoms with van der Waals surface area (Å²) in [5.41, 5.74) is 0.130. The fourth-order valence-electron chi connectivity index (χ4n) is 9.71. The van der Waals surface area contributed by atoms with Crippen molar-refractivity contribution in [2.45, 2.75) is 96.7 Å². The maximum Gasteiger partial charge on any atom is 0.437 e. The first-order valence-electron chi connectivity index (χ1n) is 24.3. The summed E-state index contributed by atoms with van der Waals surface area (Å²) in [5, 5.41) is 9.22. The molecule has 2 unspecified atom stereocenters. The summed E-state index contributed by atoms with van der Waals surface area (Å²) in [5.74, 6) is -3.73. The summed E-state index contributed by atoms with van der Waals surface area (Å²) in [7, 11) is 1.67. The van der Waals surface area contributed by atoms with Crippen LogP contribution in [0.25, 0.3) is 11.1 Å². The smallest absolute Gasteiger partial charge is 0.437 e. The van der Waals surface area contributed by atoms with E-state index in [1.54, 1.807) is 98.7 Å². The van der Waals surface area contributed by atoms with Crippen LogP contribution in [0.4, 0.5) is 23.7 Å². The lowest BCUT2D eigenvalue weighted by Crippen LogP contribution is -2.54. The number of Topliss-reactive ketones (excluding diaryl/α,β-unsaturated/α-hetero) is 1. The van der Waals surface area contributed by atoms with E-state index in [1.165, 1.54) is 16.9 Å². The number of benzene rings is 3. The lowest BCUT2D eigenvalue weighted by molar-refractivity contribution is -0.141. The van der Waals surface area contributed by atoms with E-state index in [0.717, 1.165) is 4.90 Å². The van der Waals surface area contributed by atoms with E-state index < -0.39 is 65.1 Å². The van der Waals surface area contributed by atoms with Gasteiger partial charge in [0.2, 0.25) is 17.4 Å². The number of ether oxygens (including phenoxy) is 3. The van der Waals surface area contributed by atoms with Crippen LogP contribution in [0.15, 0.2) is 72.1 Å². The summed E-state index contributed by atoms with van der Waals surface area (Å²) in [6.07, 6.45) is 0.193. The third-order valence-corrected chi connectivity index (χ3v) is 13.6. The van der Waals surface area contributed by atoms with Crippen LogP contribution in [0.2, 0.25) is 5.02 Å². The van der Waals surface area contributed by atoms with E-state index in [2.05, 4.69) is 20.7 Å². The van der Waals surface area contributed by atoms with Crippen molar-refractivity contribution < 1.29 is 60.9 Å². The topological polar surface area (TPSA) is 218 Å². The van der Waals surface area contributed by atoms with Gasteiger partial charge in [-0.2, -0.15) is 18.3 Å². The van der Waals surface area contributed by atoms with Crippen LogP contribution in [0, 0.1) is 5.92 Å². The molecule has 6 heterocycles. The molecular formula is C52H53ClF3N9O10. The number of halogens is 4.